The van der Waals surface area contributed by atoms with Gasteiger partial charge in [0.2, 0.25) is 0 Å². The van der Waals surface area contributed by atoms with Gasteiger partial charge in [-0.25, -0.2) is 14.5 Å². The van der Waals surface area contributed by atoms with E-state index in [-0.39, 0.29) is 5.56 Å². The number of para-hydroxylation sites is 2. The Bertz CT molecular complexity index is 2370. The van der Waals surface area contributed by atoms with Crippen LogP contribution >= 0.6 is 0 Å². The summed E-state index contributed by atoms with van der Waals surface area (Å²) in [5.41, 5.74) is 5.37. The molecular formula is C38H43N9O3Si. The number of fused-ring (bicyclic) bond motifs is 2. The summed E-state index contributed by atoms with van der Waals surface area (Å²) in [5.74, 6) is 1.95. The van der Waals surface area contributed by atoms with E-state index in [2.05, 4.69) is 25.0 Å². The van der Waals surface area contributed by atoms with Crippen LogP contribution in [0.25, 0.3) is 33.5 Å². The predicted octanol–water partition coefficient (Wildman–Crippen LogP) is 6.94. The highest BCUT2D eigenvalue weighted by Gasteiger charge is 2.24. The van der Waals surface area contributed by atoms with Crippen molar-refractivity contribution in [3.63, 3.8) is 0 Å². The first kappa shape index (κ1) is 33.9. The molecule has 7 rings (SSSR count). The zero-order valence-electron chi connectivity index (χ0n) is 29.9. The van der Waals surface area contributed by atoms with Crippen LogP contribution in [0, 0.1) is 6.92 Å². The van der Waals surface area contributed by atoms with Crippen LogP contribution in [-0.2, 0) is 18.0 Å². The number of hydrogen-bond donors (Lipinski definition) is 1. The smallest absolute Gasteiger partial charge is 0.282 e. The fourth-order valence-electron chi connectivity index (χ4n) is 6.28. The molecule has 2 aromatic carbocycles. The molecule has 1 atom stereocenters. The molecule has 13 heteroatoms. The summed E-state index contributed by atoms with van der Waals surface area (Å²) >= 11 is 0. The molecule has 0 aliphatic heterocycles. The second-order valence-electron chi connectivity index (χ2n) is 14.0. The summed E-state index contributed by atoms with van der Waals surface area (Å²) in [4.78, 5) is 23.5. The van der Waals surface area contributed by atoms with E-state index in [0.29, 0.717) is 42.7 Å². The fraction of sp³-hybridized carbons (Fsp3) is 0.289. The molecular weight excluding hydrogens is 659 g/mol. The molecule has 0 spiro atoms. The van der Waals surface area contributed by atoms with Crippen LogP contribution in [0.15, 0.2) is 96.4 Å². The highest BCUT2D eigenvalue weighted by Crippen LogP contribution is 2.35. The van der Waals surface area contributed by atoms with Crippen molar-refractivity contribution in [3.8, 4) is 22.7 Å². The molecule has 0 saturated carbocycles. The molecule has 0 bridgehead atoms. The lowest BCUT2D eigenvalue weighted by Gasteiger charge is -2.20. The van der Waals surface area contributed by atoms with Gasteiger partial charge < -0.3 is 19.4 Å². The lowest BCUT2D eigenvalue weighted by Crippen LogP contribution is -2.29. The SMILES string of the molecule is COc1ccccc1Cn1ccc(-c2cn(COCC[Si](C)(C)C)c3ncnc(NC(C)c4nn5ccc(C)c5c(=O)n4-c4ccccc4)c23)n1. The summed E-state index contributed by atoms with van der Waals surface area (Å²) in [6.07, 6.45) is 7.37. The van der Waals surface area contributed by atoms with E-state index in [1.807, 2.05) is 108 Å². The molecule has 0 aliphatic rings. The van der Waals surface area contributed by atoms with Crippen molar-refractivity contribution in [2.75, 3.05) is 19.0 Å². The molecule has 0 amide bonds. The molecule has 0 aliphatic carbocycles. The van der Waals surface area contributed by atoms with Gasteiger partial charge in [0.1, 0.15) is 35.8 Å². The van der Waals surface area contributed by atoms with Gasteiger partial charge in [0.05, 0.1) is 36.5 Å². The minimum absolute atomic E-state index is 0.141. The van der Waals surface area contributed by atoms with Crippen molar-refractivity contribution in [2.45, 2.75) is 58.9 Å². The van der Waals surface area contributed by atoms with Gasteiger partial charge in [-0.15, -0.1) is 0 Å². The molecule has 5 aromatic heterocycles. The average Bonchev–Trinajstić information content (AvgIpc) is 3.84. The van der Waals surface area contributed by atoms with E-state index in [4.69, 9.17) is 29.6 Å². The number of methoxy groups -OCH3 is 1. The van der Waals surface area contributed by atoms with E-state index < -0.39 is 14.1 Å². The molecule has 7 aromatic rings. The standard InChI is InChI=1S/C38H43N9O3Si/c1-26-16-19-46-34(26)38(48)47(29-13-8-7-9-14-29)36(43-46)27(2)41-35-33-30(23-44(37(33)40-24-39-35)25-50-20-21-51(4,5)6)31-17-18-45(42-31)22-28-12-10-11-15-32(28)49-3/h7-19,23-24,27H,20-22,25H2,1-6H3,(H,39,40,41). The fourth-order valence-corrected chi connectivity index (χ4v) is 7.03. The van der Waals surface area contributed by atoms with Crippen LogP contribution in [0.1, 0.15) is 29.9 Å². The molecule has 0 fully saturated rings. The van der Waals surface area contributed by atoms with Crippen molar-refractivity contribution in [3.05, 3.63) is 119 Å². The van der Waals surface area contributed by atoms with Crippen LogP contribution in [0.5, 0.6) is 5.75 Å². The molecule has 12 nitrogen and oxygen atoms in total. The number of nitrogens with one attached hydrogen (secondary N) is 1. The molecule has 0 saturated heterocycles. The summed E-state index contributed by atoms with van der Waals surface area (Å²) in [7, 11) is 0.411. The molecule has 51 heavy (non-hydrogen) atoms. The Labute approximate surface area is 297 Å². The Kier molecular flexibility index (Phi) is 9.32. The quantitative estimate of drug-likeness (QED) is 0.101. The second-order valence-corrected chi connectivity index (χ2v) is 19.6. The first-order valence-electron chi connectivity index (χ1n) is 17.1. The number of anilines is 1. The lowest BCUT2D eigenvalue weighted by atomic mass is 10.1. The molecule has 1 unspecified atom stereocenters. The van der Waals surface area contributed by atoms with Gasteiger partial charge in [-0.3, -0.25) is 14.0 Å². The van der Waals surface area contributed by atoms with Gasteiger partial charge in [-0.1, -0.05) is 56.0 Å². The van der Waals surface area contributed by atoms with E-state index in [9.17, 15) is 4.79 Å². The number of ether oxygens (including phenoxy) is 2. The first-order valence-corrected chi connectivity index (χ1v) is 20.8. The van der Waals surface area contributed by atoms with Crippen molar-refractivity contribution >= 4 is 30.4 Å². The summed E-state index contributed by atoms with van der Waals surface area (Å²) in [6.45, 7) is 12.5. The maximum Gasteiger partial charge on any atom is 0.282 e. The third kappa shape index (κ3) is 6.94. The van der Waals surface area contributed by atoms with Crippen LogP contribution in [0.3, 0.4) is 0 Å². The topological polar surface area (TPSA) is 118 Å². The zero-order chi connectivity index (χ0) is 35.7. The van der Waals surface area contributed by atoms with E-state index in [1.54, 1.807) is 22.5 Å². The third-order valence-electron chi connectivity index (χ3n) is 8.99. The number of benzene rings is 2. The molecule has 262 valence electrons. The van der Waals surface area contributed by atoms with Crippen LogP contribution in [-0.4, -0.2) is 60.3 Å². The Balaban J connectivity index is 1.30. The summed E-state index contributed by atoms with van der Waals surface area (Å²) < 4.78 is 19.0. The van der Waals surface area contributed by atoms with Crippen LogP contribution in [0.2, 0.25) is 25.7 Å². The highest BCUT2D eigenvalue weighted by molar-refractivity contribution is 6.76. The van der Waals surface area contributed by atoms with Crippen molar-refractivity contribution in [1.29, 1.82) is 0 Å². The highest BCUT2D eigenvalue weighted by atomic mass is 28.3. The van der Waals surface area contributed by atoms with Crippen molar-refractivity contribution < 1.29 is 9.47 Å². The van der Waals surface area contributed by atoms with E-state index in [0.717, 1.165) is 45.3 Å². The maximum atomic E-state index is 14.0. The van der Waals surface area contributed by atoms with Gasteiger partial charge in [0.25, 0.3) is 5.56 Å². The third-order valence-corrected chi connectivity index (χ3v) is 10.7. The first-order chi connectivity index (χ1) is 24.6. The number of rotatable bonds is 13. The summed E-state index contributed by atoms with van der Waals surface area (Å²) in [5, 5.41) is 14.3. The van der Waals surface area contributed by atoms with Gasteiger partial charge in [0, 0.05) is 44.4 Å². The number of aryl methyl sites for hydroxylation is 1. The summed E-state index contributed by atoms with van der Waals surface area (Å²) in [6, 6.07) is 22.1. The van der Waals surface area contributed by atoms with Gasteiger partial charge >= 0.3 is 0 Å². The number of aromatic nitrogens is 8. The largest absolute Gasteiger partial charge is 0.496 e. The molecule has 0 radical (unpaired) electrons. The van der Waals surface area contributed by atoms with Gasteiger partial charge in [-0.05, 0) is 55.8 Å². The number of nitrogens with zero attached hydrogens (tertiary/aromatic N) is 8. The Morgan fingerprint density at radius 1 is 0.941 bits per heavy atom. The predicted molar refractivity (Wildman–Crippen MR) is 203 cm³/mol. The Hall–Kier alpha value is -5.53. The van der Waals surface area contributed by atoms with Crippen LogP contribution < -0.4 is 15.6 Å². The zero-order valence-corrected chi connectivity index (χ0v) is 30.9. The van der Waals surface area contributed by atoms with E-state index in [1.165, 1.54) is 0 Å². The minimum atomic E-state index is -1.27. The second kappa shape index (κ2) is 14.0. The van der Waals surface area contributed by atoms with Gasteiger partial charge in [0.15, 0.2) is 5.82 Å². The molecule has 5 heterocycles. The Morgan fingerprint density at radius 2 is 1.73 bits per heavy atom. The van der Waals surface area contributed by atoms with Crippen molar-refractivity contribution in [1.82, 2.24) is 38.5 Å². The minimum Gasteiger partial charge on any atom is -0.496 e. The van der Waals surface area contributed by atoms with E-state index >= 15 is 0 Å². The normalized spacial score (nSPS) is 12.5. The van der Waals surface area contributed by atoms with Crippen LogP contribution in [0.4, 0.5) is 5.82 Å². The monoisotopic (exact) mass is 701 g/mol. The average molecular weight is 702 g/mol. The molecule has 1 N–H and O–H groups in total. The van der Waals surface area contributed by atoms with Crippen molar-refractivity contribution in [2.24, 2.45) is 0 Å². The lowest BCUT2D eigenvalue weighted by molar-refractivity contribution is 0.0899. The van der Waals surface area contributed by atoms with Gasteiger partial charge in [-0.2, -0.15) is 10.2 Å². The number of hydrogen-bond acceptors (Lipinski definition) is 8. The maximum absolute atomic E-state index is 14.0. The Morgan fingerprint density at radius 3 is 2.51 bits per heavy atom.